The number of nitrogens with zero attached hydrogens (tertiary/aromatic N) is 3. The molecule has 3 aromatic rings. The number of aromatic nitrogens is 2. The van der Waals surface area contributed by atoms with Crippen LogP contribution < -0.4 is 10.3 Å². The Morgan fingerprint density at radius 2 is 2.05 bits per heavy atom. The fourth-order valence-corrected chi connectivity index (χ4v) is 7.99. The lowest BCUT2D eigenvalue weighted by molar-refractivity contribution is -0.133. The molecule has 1 unspecified atom stereocenters. The fourth-order valence-electron chi connectivity index (χ4n) is 6.18. The molecule has 1 aromatic heterocycles. The number of halogens is 1. The van der Waals surface area contributed by atoms with Gasteiger partial charge in [0.2, 0.25) is 14.3 Å². The van der Waals surface area contributed by atoms with E-state index in [1.54, 1.807) is 49.5 Å². The highest BCUT2D eigenvalue weighted by Gasteiger charge is 2.49. The molecular weight excluding hydrogens is 517 g/mol. The summed E-state index contributed by atoms with van der Waals surface area (Å²) < 4.78 is 29.6. The fraction of sp³-hybridized carbons (Fsp3) is 0.483. The number of hydrogen-bond donors (Lipinski definition) is 1. The number of benzene rings is 2. The molecule has 2 aromatic carbocycles. The highest BCUT2D eigenvalue weighted by molar-refractivity contribution is 6.72. The van der Waals surface area contributed by atoms with Crippen molar-refractivity contribution >= 4 is 25.1 Å². The number of aliphatic hydroxyl groups excluding tert-OH is 1. The zero-order valence-corrected chi connectivity index (χ0v) is 23.8. The molecule has 5 rings (SSSR count). The van der Waals surface area contributed by atoms with Crippen molar-refractivity contribution in [2.45, 2.75) is 63.1 Å². The summed E-state index contributed by atoms with van der Waals surface area (Å²) in [5, 5.41) is 15.4. The number of carbonyl (C=O) groups is 1. The Morgan fingerprint density at radius 1 is 1.28 bits per heavy atom. The summed E-state index contributed by atoms with van der Waals surface area (Å²) in [6, 6.07) is 12.5. The number of aliphatic hydroxyl groups is 1. The van der Waals surface area contributed by atoms with Gasteiger partial charge >= 0.3 is 0 Å². The van der Waals surface area contributed by atoms with E-state index in [0.717, 1.165) is 23.8 Å². The third kappa shape index (κ3) is 5.13. The summed E-state index contributed by atoms with van der Waals surface area (Å²) in [7, 11) is -1.76. The molecule has 3 heterocycles. The van der Waals surface area contributed by atoms with Gasteiger partial charge in [-0.15, -0.1) is 0 Å². The molecule has 1 N–H and O–H groups in total. The second-order valence-corrected chi connectivity index (χ2v) is 15.1. The summed E-state index contributed by atoms with van der Waals surface area (Å²) >= 11 is 0. The van der Waals surface area contributed by atoms with Crippen molar-refractivity contribution in [2.24, 2.45) is 5.92 Å². The first kappa shape index (κ1) is 27.5. The lowest BCUT2D eigenvalue weighted by atomic mass is 9.86. The first-order valence-electron chi connectivity index (χ1n) is 13.5. The average molecular weight is 554 g/mol. The maximum absolute atomic E-state index is 15.9. The zero-order valence-electron chi connectivity index (χ0n) is 22.8. The largest absolute Gasteiger partial charge is 0.490 e. The molecule has 0 aliphatic carbocycles. The Labute approximate surface area is 228 Å². The number of rotatable bonds is 7. The van der Waals surface area contributed by atoms with Crippen molar-refractivity contribution in [2.75, 3.05) is 20.3 Å². The Morgan fingerprint density at radius 3 is 2.77 bits per heavy atom. The molecule has 1 fully saturated rings. The van der Waals surface area contributed by atoms with Crippen molar-refractivity contribution in [1.29, 1.82) is 0 Å². The van der Waals surface area contributed by atoms with Gasteiger partial charge in [0.15, 0.2) is 0 Å². The topological polar surface area (TPSA) is 93.9 Å². The van der Waals surface area contributed by atoms with Crippen LogP contribution in [0.25, 0.3) is 16.5 Å². The minimum atomic E-state index is -3.37. The normalized spacial score (nSPS) is 23.9. The molecule has 0 saturated carbocycles. The molecule has 208 valence electrons. The number of hydrogen-bond acceptors (Lipinski definition) is 6. The Kier molecular flexibility index (Phi) is 7.63. The van der Waals surface area contributed by atoms with Crippen LogP contribution in [-0.2, 0) is 9.53 Å². The number of likely N-dealkylation sites (tertiary alicyclic amines) is 1. The number of carbonyl (C=O) groups excluding carboxylic acids is 1. The van der Waals surface area contributed by atoms with Gasteiger partial charge in [0.05, 0.1) is 36.0 Å². The summed E-state index contributed by atoms with van der Waals surface area (Å²) in [6.45, 7) is 5.69. The van der Waals surface area contributed by atoms with Crippen molar-refractivity contribution in [3.8, 4) is 11.4 Å². The molecule has 8 nitrogen and oxygen atoms in total. The van der Waals surface area contributed by atoms with E-state index in [0.29, 0.717) is 23.4 Å². The maximum atomic E-state index is 15.9. The molecule has 2 aliphatic heterocycles. The predicted molar refractivity (Wildman–Crippen MR) is 149 cm³/mol. The van der Waals surface area contributed by atoms with Crippen LogP contribution in [0.1, 0.15) is 37.9 Å². The molecular formula is C29H36FN3O5Si. The molecule has 0 bridgehead atoms. The summed E-state index contributed by atoms with van der Waals surface area (Å²) in [5.74, 6) is 0.154. The average Bonchev–Trinajstić information content (AvgIpc) is 3.40. The lowest BCUT2D eigenvalue weighted by Crippen LogP contribution is -2.48. The van der Waals surface area contributed by atoms with Gasteiger partial charge in [-0.2, -0.15) is 9.78 Å². The SMILES string of the molecule is CO[C@@H]1c2cc(-n3ncc4ccccc4c3=O)ccc2O[C@H](C(CC(=O)N2CCC[C@H]2CO)[Si](C)(C)F)[C@H]1C. The summed E-state index contributed by atoms with van der Waals surface area (Å²) in [4.78, 5) is 28.2. The second kappa shape index (κ2) is 10.8. The van der Waals surface area contributed by atoms with E-state index in [1.807, 2.05) is 31.2 Å². The van der Waals surface area contributed by atoms with E-state index in [-0.39, 0.29) is 36.5 Å². The predicted octanol–water partition coefficient (Wildman–Crippen LogP) is 4.39. The van der Waals surface area contributed by atoms with Gasteiger partial charge in [-0.25, -0.2) is 0 Å². The van der Waals surface area contributed by atoms with Gasteiger partial charge in [0.1, 0.15) is 11.9 Å². The monoisotopic (exact) mass is 553 g/mol. The molecule has 2 aliphatic rings. The quantitative estimate of drug-likeness (QED) is 0.345. The first-order chi connectivity index (χ1) is 18.6. The third-order valence-corrected chi connectivity index (χ3v) is 10.6. The number of fused-ring (bicyclic) bond motifs is 2. The highest BCUT2D eigenvalue weighted by Crippen LogP contribution is 2.48. The maximum Gasteiger partial charge on any atom is 0.279 e. The van der Waals surface area contributed by atoms with Crippen LogP contribution in [0.15, 0.2) is 53.5 Å². The van der Waals surface area contributed by atoms with Gasteiger partial charge < -0.3 is 23.6 Å². The van der Waals surface area contributed by atoms with Crippen molar-refractivity contribution in [3.63, 3.8) is 0 Å². The van der Waals surface area contributed by atoms with E-state index in [1.165, 1.54) is 4.68 Å². The molecule has 1 amide bonds. The minimum Gasteiger partial charge on any atom is -0.490 e. The zero-order chi connectivity index (χ0) is 27.9. The van der Waals surface area contributed by atoms with E-state index >= 15 is 4.11 Å². The highest BCUT2D eigenvalue weighted by atomic mass is 28.4. The van der Waals surface area contributed by atoms with Crippen LogP contribution >= 0.6 is 0 Å². The van der Waals surface area contributed by atoms with Gasteiger partial charge in [-0.1, -0.05) is 25.1 Å². The van der Waals surface area contributed by atoms with E-state index in [2.05, 4.69) is 5.10 Å². The standard InChI is InChI=1S/C29H36FN3O5Si/c1-18-27(37-2)23-14-20(33-29(36)22-10-6-5-8-19(22)16-31-33)11-12-24(23)38-28(18)25(39(3,4)30)15-26(35)32-13-7-9-21(32)17-34/h5-6,8,10-12,14,16,18,21,25,27-28,34H,7,9,13,15,17H2,1-4H3/t18-,21-,25?,27-,28-/m0/s1. The third-order valence-electron chi connectivity index (χ3n) is 8.33. The lowest BCUT2D eigenvalue weighted by Gasteiger charge is -2.43. The van der Waals surface area contributed by atoms with Crippen LogP contribution in [0.2, 0.25) is 18.6 Å². The van der Waals surface area contributed by atoms with E-state index in [9.17, 15) is 14.7 Å². The smallest absolute Gasteiger partial charge is 0.279 e. The Balaban J connectivity index is 1.48. The summed E-state index contributed by atoms with van der Waals surface area (Å²) in [5.41, 5.74) is 0.507. The molecule has 5 atom stereocenters. The van der Waals surface area contributed by atoms with Crippen molar-refractivity contribution in [1.82, 2.24) is 14.7 Å². The Bertz CT molecular complexity index is 1420. The van der Waals surface area contributed by atoms with Gasteiger partial charge in [0, 0.05) is 42.5 Å². The summed E-state index contributed by atoms with van der Waals surface area (Å²) in [6.07, 6.45) is 2.29. The van der Waals surface area contributed by atoms with E-state index < -0.39 is 26.2 Å². The van der Waals surface area contributed by atoms with Gasteiger partial charge in [-0.3, -0.25) is 9.59 Å². The minimum absolute atomic E-state index is 0.0292. The number of ether oxygens (including phenoxy) is 2. The molecule has 10 heteroatoms. The molecule has 0 spiro atoms. The van der Waals surface area contributed by atoms with Crippen molar-refractivity contribution < 1.29 is 23.5 Å². The molecule has 39 heavy (non-hydrogen) atoms. The van der Waals surface area contributed by atoms with E-state index in [4.69, 9.17) is 9.47 Å². The first-order valence-corrected chi connectivity index (χ1v) is 16.5. The van der Waals surface area contributed by atoms with Crippen LogP contribution in [-0.4, -0.2) is 66.5 Å². The second-order valence-electron chi connectivity index (χ2n) is 11.2. The van der Waals surface area contributed by atoms with Crippen LogP contribution in [0.5, 0.6) is 5.75 Å². The molecule has 1 saturated heterocycles. The van der Waals surface area contributed by atoms with Crippen molar-refractivity contribution in [3.05, 3.63) is 64.6 Å². The van der Waals surface area contributed by atoms with Gasteiger partial charge in [-0.05, 0) is 50.2 Å². The van der Waals surface area contributed by atoms with Crippen LogP contribution in [0.4, 0.5) is 4.11 Å². The molecule has 0 radical (unpaired) electrons. The Hall–Kier alpha value is -3.08. The van der Waals surface area contributed by atoms with Crippen LogP contribution in [0.3, 0.4) is 0 Å². The van der Waals surface area contributed by atoms with Gasteiger partial charge in [0.25, 0.3) is 5.56 Å². The number of amides is 1. The van der Waals surface area contributed by atoms with Crippen LogP contribution in [0, 0.1) is 5.92 Å². The number of methoxy groups -OCH3 is 1.